The van der Waals surface area contributed by atoms with Gasteiger partial charge in [0, 0.05) is 10.4 Å². The molecule has 0 amide bonds. The summed E-state index contributed by atoms with van der Waals surface area (Å²) in [5.74, 6) is 1.35. The third-order valence-corrected chi connectivity index (χ3v) is 4.35. The molecule has 0 heterocycles. The number of methoxy groups -OCH3 is 1. The fourth-order valence-corrected chi connectivity index (χ4v) is 2.91. The van der Waals surface area contributed by atoms with Gasteiger partial charge in [-0.05, 0) is 60.2 Å². The Kier molecular flexibility index (Phi) is 6.07. The van der Waals surface area contributed by atoms with Gasteiger partial charge < -0.3 is 4.74 Å². The van der Waals surface area contributed by atoms with Crippen molar-refractivity contribution < 1.29 is 9.13 Å². The van der Waals surface area contributed by atoms with Crippen molar-refractivity contribution in [3.63, 3.8) is 0 Å². The summed E-state index contributed by atoms with van der Waals surface area (Å²) >= 11 is 9.44. The van der Waals surface area contributed by atoms with Gasteiger partial charge in [0.15, 0.2) is 0 Å². The third kappa shape index (κ3) is 4.72. The number of hydrogen-bond donors (Lipinski definition) is 0. The van der Waals surface area contributed by atoms with Crippen molar-refractivity contribution in [2.24, 2.45) is 5.92 Å². The summed E-state index contributed by atoms with van der Waals surface area (Å²) in [4.78, 5) is 0. The highest BCUT2D eigenvalue weighted by molar-refractivity contribution is 9.10. The van der Waals surface area contributed by atoms with Crippen molar-refractivity contribution in [2.75, 3.05) is 13.0 Å². The van der Waals surface area contributed by atoms with E-state index in [2.05, 4.69) is 15.9 Å². The van der Waals surface area contributed by atoms with Crippen LogP contribution < -0.4 is 4.74 Å². The topological polar surface area (TPSA) is 9.23 Å². The first kappa shape index (κ1) is 16.3. The molecule has 4 heteroatoms. The van der Waals surface area contributed by atoms with E-state index in [1.165, 1.54) is 11.6 Å². The van der Waals surface area contributed by atoms with E-state index in [-0.39, 0.29) is 11.7 Å². The van der Waals surface area contributed by atoms with Crippen LogP contribution in [0.25, 0.3) is 0 Å². The normalized spacial score (nSPS) is 12.2. The molecule has 0 bridgehead atoms. The van der Waals surface area contributed by atoms with Crippen LogP contribution in [0, 0.1) is 11.7 Å². The monoisotopic (exact) mass is 370 g/mol. The summed E-state index contributed by atoms with van der Waals surface area (Å²) in [5, 5.41) is 0. The maximum Gasteiger partial charge on any atom is 0.126 e. The minimum Gasteiger partial charge on any atom is -0.497 e. The van der Waals surface area contributed by atoms with Gasteiger partial charge in [-0.25, -0.2) is 4.39 Å². The average molecular weight is 372 g/mol. The second-order valence-electron chi connectivity index (χ2n) is 5.01. The Morgan fingerprint density at radius 3 is 2.48 bits per heavy atom. The van der Waals surface area contributed by atoms with Gasteiger partial charge in [-0.1, -0.05) is 28.1 Å². The minimum absolute atomic E-state index is 0.178. The molecule has 0 aromatic heterocycles. The molecule has 0 aliphatic carbocycles. The fourth-order valence-electron chi connectivity index (χ4n) is 2.29. The van der Waals surface area contributed by atoms with E-state index in [1.54, 1.807) is 13.2 Å². The van der Waals surface area contributed by atoms with Crippen LogP contribution in [0.4, 0.5) is 4.39 Å². The van der Waals surface area contributed by atoms with Crippen molar-refractivity contribution in [1.82, 2.24) is 0 Å². The van der Waals surface area contributed by atoms with Gasteiger partial charge in [0.2, 0.25) is 0 Å². The first-order valence-corrected chi connectivity index (χ1v) is 8.08. The highest BCUT2D eigenvalue weighted by Crippen LogP contribution is 2.22. The number of benzene rings is 2. The molecule has 2 aromatic rings. The van der Waals surface area contributed by atoms with E-state index < -0.39 is 0 Å². The maximum atomic E-state index is 13.8. The predicted octanol–water partition coefficient (Wildman–Crippen LogP) is 5.24. The minimum atomic E-state index is -0.178. The van der Waals surface area contributed by atoms with E-state index in [9.17, 15) is 4.39 Å². The van der Waals surface area contributed by atoms with Gasteiger partial charge in [-0.2, -0.15) is 0 Å². The van der Waals surface area contributed by atoms with Crippen LogP contribution in [0.3, 0.4) is 0 Å². The number of rotatable bonds is 6. The van der Waals surface area contributed by atoms with Gasteiger partial charge in [0.25, 0.3) is 0 Å². The zero-order valence-corrected chi connectivity index (χ0v) is 14.1. The Morgan fingerprint density at radius 1 is 1.14 bits per heavy atom. The van der Waals surface area contributed by atoms with Gasteiger partial charge >= 0.3 is 0 Å². The van der Waals surface area contributed by atoms with Gasteiger partial charge in [-0.15, -0.1) is 11.6 Å². The number of ether oxygens (including phenoxy) is 1. The number of halogens is 3. The molecule has 0 aliphatic rings. The molecule has 0 radical (unpaired) electrons. The van der Waals surface area contributed by atoms with E-state index in [1.807, 2.05) is 30.3 Å². The van der Waals surface area contributed by atoms with Crippen molar-refractivity contribution in [3.05, 3.63) is 63.9 Å². The summed E-state index contributed by atoms with van der Waals surface area (Å²) < 4.78 is 19.9. The molecular formula is C17H17BrClFO. The molecule has 0 saturated heterocycles. The smallest absolute Gasteiger partial charge is 0.126 e. The first-order chi connectivity index (χ1) is 10.1. The summed E-state index contributed by atoms with van der Waals surface area (Å²) in [6.07, 6.45) is 1.44. The van der Waals surface area contributed by atoms with Crippen LogP contribution >= 0.6 is 27.5 Å². The molecular weight excluding hydrogens is 355 g/mol. The van der Waals surface area contributed by atoms with E-state index >= 15 is 0 Å². The van der Waals surface area contributed by atoms with Gasteiger partial charge in [0.05, 0.1) is 7.11 Å². The van der Waals surface area contributed by atoms with Gasteiger partial charge in [0.1, 0.15) is 11.6 Å². The molecule has 0 aliphatic heterocycles. The lowest BCUT2D eigenvalue weighted by Gasteiger charge is -2.15. The van der Waals surface area contributed by atoms with Crippen molar-refractivity contribution >= 4 is 27.5 Å². The molecule has 112 valence electrons. The summed E-state index contributed by atoms with van der Waals surface area (Å²) in [5.41, 5.74) is 1.88. The second-order valence-corrected chi connectivity index (χ2v) is 6.24. The molecule has 1 nitrogen and oxygen atoms in total. The van der Waals surface area contributed by atoms with E-state index in [0.29, 0.717) is 17.9 Å². The molecule has 0 fully saturated rings. The van der Waals surface area contributed by atoms with Gasteiger partial charge in [-0.3, -0.25) is 0 Å². The maximum absolute atomic E-state index is 13.8. The Morgan fingerprint density at radius 2 is 1.86 bits per heavy atom. The van der Waals surface area contributed by atoms with Crippen molar-refractivity contribution in [3.8, 4) is 5.75 Å². The van der Waals surface area contributed by atoms with Crippen molar-refractivity contribution in [2.45, 2.75) is 12.8 Å². The quantitative estimate of drug-likeness (QED) is 0.631. The van der Waals surface area contributed by atoms with E-state index in [0.717, 1.165) is 16.6 Å². The number of alkyl halides is 1. The Bertz CT molecular complexity index is 586. The lowest BCUT2D eigenvalue weighted by Crippen LogP contribution is -2.11. The molecule has 21 heavy (non-hydrogen) atoms. The van der Waals surface area contributed by atoms with Crippen LogP contribution in [0.1, 0.15) is 11.1 Å². The van der Waals surface area contributed by atoms with Crippen LogP contribution in [0.2, 0.25) is 0 Å². The third-order valence-electron chi connectivity index (χ3n) is 3.42. The molecule has 0 saturated carbocycles. The molecule has 1 atom stereocenters. The lowest BCUT2D eigenvalue weighted by atomic mass is 9.94. The Hall–Kier alpha value is -1.06. The summed E-state index contributed by atoms with van der Waals surface area (Å²) in [7, 11) is 1.65. The molecule has 2 aromatic carbocycles. The Labute approximate surface area is 138 Å². The van der Waals surface area contributed by atoms with Crippen LogP contribution in [0.15, 0.2) is 46.9 Å². The molecule has 1 unspecified atom stereocenters. The summed E-state index contributed by atoms with van der Waals surface area (Å²) in [6.45, 7) is 0. The van der Waals surface area contributed by atoms with Crippen molar-refractivity contribution in [1.29, 1.82) is 0 Å². The molecule has 0 N–H and O–H groups in total. The lowest BCUT2D eigenvalue weighted by molar-refractivity contribution is 0.414. The molecule has 2 rings (SSSR count). The van der Waals surface area contributed by atoms with E-state index in [4.69, 9.17) is 16.3 Å². The zero-order valence-electron chi connectivity index (χ0n) is 11.8. The zero-order chi connectivity index (χ0) is 15.2. The summed E-state index contributed by atoms with van der Waals surface area (Å²) in [6, 6.07) is 12.9. The average Bonchev–Trinajstić information content (AvgIpc) is 2.51. The van der Waals surface area contributed by atoms with Crippen LogP contribution in [-0.2, 0) is 12.8 Å². The van der Waals surface area contributed by atoms with Crippen LogP contribution in [-0.4, -0.2) is 13.0 Å². The second kappa shape index (κ2) is 7.81. The SMILES string of the molecule is COc1ccc(CC(CCl)Cc2cc(Br)ccc2F)cc1. The fraction of sp³-hybridized carbons (Fsp3) is 0.294. The highest BCUT2D eigenvalue weighted by Gasteiger charge is 2.13. The number of hydrogen-bond acceptors (Lipinski definition) is 1. The van der Waals surface area contributed by atoms with Crippen LogP contribution in [0.5, 0.6) is 5.75 Å². The molecule has 0 spiro atoms. The largest absolute Gasteiger partial charge is 0.497 e. The standard InChI is InChI=1S/C17H17BrClFO/c1-21-16-5-2-12(3-6-16)8-13(11-19)9-14-10-15(18)4-7-17(14)20/h2-7,10,13H,8-9,11H2,1H3. The Balaban J connectivity index is 2.07. The predicted molar refractivity (Wildman–Crippen MR) is 88.7 cm³/mol. The first-order valence-electron chi connectivity index (χ1n) is 6.75. The highest BCUT2D eigenvalue weighted by atomic mass is 79.9.